The summed E-state index contributed by atoms with van der Waals surface area (Å²) in [5.41, 5.74) is 8.40. The van der Waals surface area contributed by atoms with Crippen molar-refractivity contribution in [3.05, 3.63) is 40.5 Å². The van der Waals surface area contributed by atoms with Crippen molar-refractivity contribution in [3.8, 4) is 0 Å². The molecule has 1 atom stereocenters. The molecule has 0 aliphatic heterocycles. The number of pyridine rings is 1. The summed E-state index contributed by atoms with van der Waals surface area (Å²) in [5.74, 6) is 0. The number of amides is 1. The van der Waals surface area contributed by atoms with Gasteiger partial charge in [0.2, 0.25) is 0 Å². The summed E-state index contributed by atoms with van der Waals surface area (Å²) in [6.45, 7) is 5.40. The Morgan fingerprint density at radius 1 is 1.58 bits per heavy atom. The van der Waals surface area contributed by atoms with Gasteiger partial charge in [0.05, 0.1) is 18.3 Å². The molecule has 1 aromatic heterocycles. The lowest BCUT2D eigenvalue weighted by atomic mass is 10.2. The first-order valence-electron chi connectivity index (χ1n) is 5.83. The topological polar surface area (TPSA) is 100.0 Å². The van der Waals surface area contributed by atoms with E-state index in [0.717, 1.165) is 0 Å². The Kier molecular flexibility index (Phi) is 5.14. The van der Waals surface area contributed by atoms with Crippen LogP contribution >= 0.6 is 0 Å². The van der Waals surface area contributed by atoms with E-state index in [1.54, 1.807) is 45.2 Å². The number of alkyl carbamates (subject to hydrolysis) is 1. The molecule has 0 aliphatic rings. The SMILES string of the molecule is CC(C)(C)OC(=O)NC(CN=[N+]=[N-])c1ccccn1. The molecule has 1 aromatic rings. The number of hydrogen-bond donors (Lipinski definition) is 1. The Hall–Kier alpha value is -2.27. The molecule has 0 aliphatic carbocycles. The molecule has 19 heavy (non-hydrogen) atoms. The molecule has 0 fully saturated rings. The standard InChI is InChI=1S/C12H17N5O2/c1-12(2,3)19-11(18)16-10(8-15-17-13)9-6-4-5-7-14-9/h4-7,10H,8H2,1-3H3,(H,16,18). The van der Waals surface area contributed by atoms with Crippen LogP contribution in [0.5, 0.6) is 0 Å². The van der Waals surface area contributed by atoms with E-state index in [2.05, 4.69) is 20.3 Å². The van der Waals surface area contributed by atoms with Crippen LogP contribution < -0.4 is 5.32 Å². The zero-order chi connectivity index (χ0) is 14.3. The zero-order valence-corrected chi connectivity index (χ0v) is 11.2. The Labute approximate surface area is 111 Å². The van der Waals surface area contributed by atoms with Crippen LogP contribution in [0.4, 0.5) is 4.79 Å². The molecule has 7 nitrogen and oxygen atoms in total. The van der Waals surface area contributed by atoms with Gasteiger partial charge in [-0.3, -0.25) is 4.98 Å². The number of aromatic nitrogens is 1. The number of ether oxygens (including phenoxy) is 1. The number of nitrogens with one attached hydrogen (secondary N) is 1. The maximum absolute atomic E-state index is 11.7. The van der Waals surface area contributed by atoms with Crippen LogP contribution in [-0.4, -0.2) is 23.2 Å². The summed E-state index contributed by atoms with van der Waals surface area (Å²) >= 11 is 0. The summed E-state index contributed by atoms with van der Waals surface area (Å²) in [7, 11) is 0. The van der Waals surface area contributed by atoms with Gasteiger partial charge in [-0.15, -0.1) is 0 Å². The minimum absolute atomic E-state index is 0.0761. The summed E-state index contributed by atoms with van der Waals surface area (Å²) in [6.07, 6.45) is 1.03. The molecule has 0 saturated carbocycles. The summed E-state index contributed by atoms with van der Waals surface area (Å²) < 4.78 is 5.16. The third kappa shape index (κ3) is 5.74. The highest BCUT2D eigenvalue weighted by molar-refractivity contribution is 5.68. The Bertz CT molecular complexity index is 463. The first-order valence-corrected chi connectivity index (χ1v) is 5.83. The van der Waals surface area contributed by atoms with Gasteiger partial charge in [-0.1, -0.05) is 11.2 Å². The van der Waals surface area contributed by atoms with E-state index in [0.29, 0.717) is 5.69 Å². The van der Waals surface area contributed by atoms with E-state index in [-0.39, 0.29) is 6.54 Å². The largest absolute Gasteiger partial charge is 0.444 e. The summed E-state index contributed by atoms with van der Waals surface area (Å²) in [5, 5.41) is 6.10. The zero-order valence-electron chi connectivity index (χ0n) is 11.2. The van der Waals surface area contributed by atoms with Crippen molar-refractivity contribution in [1.82, 2.24) is 10.3 Å². The van der Waals surface area contributed by atoms with E-state index in [1.165, 1.54) is 0 Å². The minimum Gasteiger partial charge on any atom is -0.444 e. The van der Waals surface area contributed by atoms with Gasteiger partial charge in [-0.2, -0.15) is 0 Å². The van der Waals surface area contributed by atoms with Gasteiger partial charge in [0.1, 0.15) is 5.60 Å². The highest BCUT2D eigenvalue weighted by Gasteiger charge is 2.20. The Morgan fingerprint density at radius 2 is 2.32 bits per heavy atom. The lowest BCUT2D eigenvalue weighted by molar-refractivity contribution is 0.0504. The van der Waals surface area contributed by atoms with Crippen LogP contribution in [0, 0.1) is 0 Å². The third-order valence-corrected chi connectivity index (χ3v) is 2.06. The number of rotatable bonds is 4. The molecule has 1 unspecified atom stereocenters. The van der Waals surface area contributed by atoms with Crippen molar-refractivity contribution in [2.24, 2.45) is 5.11 Å². The first-order chi connectivity index (χ1) is 8.92. The monoisotopic (exact) mass is 263 g/mol. The van der Waals surface area contributed by atoms with Crippen LogP contribution in [-0.2, 0) is 4.74 Å². The highest BCUT2D eigenvalue weighted by atomic mass is 16.6. The molecule has 1 amide bonds. The van der Waals surface area contributed by atoms with Crippen molar-refractivity contribution in [1.29, 1.82) is 0 Å². The molecular weight excluding hydrogens is 246 g/mol. The smallest absolute Gasteiger partial charge is 0.408 e. The summed E-state index contributed by atoms with van der Waals surface area (Å²) in [6, 6.07) is 4.80. The van der Waals surface area contributed by atoms with Crippen LogP contribution in [0.25, 0.3) is 10.4 Å². The number of hydrogen-bond acceptors (Lipinski definition) is 4. The van der Waals surface area contributed by atoms with Crippen molar-refractivity contribution < 1.29 is 9.53 Å². The van der Waals surface area contributed by atoms with Crippen molar-refractivity contribution in [2.75, 3.05) is 6.54 Å². The van der Waals surface area contributed by atoms with Gasteiger partial charge in [-0.25, -0.2) is 4.79 Å². The van der Waals surface area contributed by atoms with Crippen LogP contribution in [0.15, 0.2) is 29.5 Å². The molecule has 0 aromatic carbocycles. The van der Waals surface area contributed by atoms with Gasteiger partial charge < -0.3 is 10.1 Å². The average molecular weight is 263 g/mol. The first kappa shape index (κ1) is 14.8. The lowest BCUT2D eigenvalue weighted by Crippen LogP contribution is -2.36. The van der Waals surface area contributed by atoms with Gasteiger partial charge in [0.25, 0.3) is 0 Å². The van der Waals surface area contributed by atoms with Crippen molar-refractivity contribution >= 4 is 6.09 Å². The molecule has 0 radical (unpaired) electrons. The Morgan fingerprint density at radius 3 is 2.84 bits per heavy atom. The summed E-state index contributed by atoms with van der Waals surface area (Å²) in [4.78, 5) is 18.5. The number of azide groups is 1. The minimum atomic E-state index is -0.586. The molecule has 0 bridgehead atoms. The predicted molar refractivity (Wildman–Crippen MR) is 70.4 cm³/mol. The fourth-order valence-corrected chi connectivity index (χ4v) is 1.36. The molecular formula is C12H17N5O2. The van der Waals surface area contributed by atoms with E-state index in [9.17, 15) is 4.79 Å². The highest BCUT2D eigenvalue weighted by Crippen LogP contribution is 2.13. The molecule has 102 valence electrons. The van der Waals surface area contributed by atoms with Crippen molar-refractivity contribution in [3.63, 3.8) is 0 Å². The quantitative estimate of drug-likeness (QED) is 0.513. The number of carbonyl (C=O) groups excluding carboxylic acids is 1. The van der Waals surface area contributed by atoms with Crippen molar-refractivity contribution in [2.45, 2.75) is 32.4 Å². The predicted octanol–water partition coefficient (Wildman–Crippen LogP) is 2.96. The average Bonchev–Trinajstić information content (AvgIpc) is 2.33. The lowest BCUT2D eigenvalue weighted by Gasteiger charge is -2.22. The molecule has 7 heteroatoms. The number of nitrogens with zero attached hydrogens (tertiary/aromatic N) is 4. The molecule has 0 saturated heterocycles. The second-order valence-electron chi connectivity index (χ2n) is 4.87. The van der Waals surface area contributed by atoms with Crippen LogP contribution in [0.3, 0.4) is 0 Å². The molecule has 1 N–H and O–H groups in total. The third-order valence-electron chi connectivity index (χ3n) is 2.06. The molecule has 1 heterocycles. The maximum atomic E-state index is 11.7. The molecule has 0 spiro atoms. The Balaban J connectivity index is 2.76. The second kappa shape index (κ2) is 6.61. The second-order valence-corrected chi connectivity index (χ2v) is 4.87. The van der Waals surface area contributed by atoms with Gasteiger partial charge in [-0.05, 0) is 38.4 Å². The normalized spacial score (nSPS) is 12.2. The van der Waals surface area contributed by atoms with E-state index < -0.39 is 17.7 Å². The van der Waals surface area contributed by atoms with Gasteiger partial charge in [0.15, 0.2) is 0 Å². The van der Waals surface area contributed by atoms with Crippen LogP contribution in [0.2, 0.25) is 0 Å². The van der Waals surface area contributed by atoms with Gasteiger partial charge in [0, 0.05) is 11.1 Å². The number of carbonyl (C=O) groups is 1. The maximum Gasteiger partial charge on any atom is 0.408 e. The van der Waals surface area contributed by atoms with E-state index >= 15 is 0 Å². The van der Waals surface area contributed by atoms with E-state index in [1.807, 2.05) is 0 Å². The molecule has 1 rings (SSSR count). The van der Waals surface area contributed by atoms with Gasteiger partial charge >= 0.3 is 6.09 Å². The fourth-order valence-electron chi connectivity index (χ4n) is 1.36. The fraction of sp³-hybridized carbons (Fsp3) is 0.500. The van der Waals surface area contributed by atoms with E-state index in [4.69, 9.17) is 10.3 Å². The van der Waals surface area contributed by atoms with Crippen LogP contribution in [0.1, 0.15) is 32.5 Å².